The Morgan fingerprint density at radius 2 is 1.81 bits per heavy atom. The van der Waals surface area contributed by atoms with Crippen LogP contribution in [0.2, 0.25) is 0 Å². The maximum absolute atomic E-state index is 5.29. The lowest BCUT2D eigenvalue weighted by Crippen LogP contribution is -2.06. The van der Waals surface area contributed by atoms with Crippen LogP contribution in [-0.2, 0) is 17.0 Å². The largest absolute Gasteiger partial charge is 0.497 e. The van der Waals surface area contributed by atoms with E-state index < -0.39 is 0 Å². The SMILES string of the molecule is COCCn1c(C)c(C)c2ccnc(SCc3ccc(OC)cc3)c21.Cl. The predicted molar refractivity (Wildman–Crippen MR) is 111 cm³/mol. The molecule has 4 nitrogen and oxygen atoms in total. The number of halogens is 1. The summed E-state index contributed by atoms with van der Waals surface area (Å²) in [5.41, 5.74) is 5.08. The number of nitrogens with zero attached hydrogens (tertiary/aromatic N) is 2. The van der Waals surface area contributed by atoms with Gasteiger partial charge < -0.3 is 14.0 Å². The molecule has 0 fully saturated rings. The third kappa shape index (κ3) is 4.17. The van der Waals surface area contributed by atoms with E-state index in [2.05, 4.69) is 41.6 Å². The van der Waals surface area contributed by atoms with Crippen molar-refractivity contribution in [2.75, 3.05) is 20.8 Å². The summed E-state index contributed by atoms with van der Waals surface area (Å²) in [5, 5.41) is 2.35. The number of pyridine rings is 1. The van der Waals surface area contributed by atoms with Crippen molar-refractivity contribution in [2.24, 2.45) is 0 Å². The van der Waals surface area contributed by atoms with Gasteiger partial charge in [-0.1, -0.05) is 23.9 Å². The van der Waals surface area contributed by atoms with Crippen LogP contribution in [0.3, 0.4) is 0 Å². The Hall–Kier alpha value is -1.69. The van der Waals surface area contributed by atoms with Gasteiger partial charge >= 0.3 is 0 Å². The van der Waals surface area contributed by atoms with Gasteiger partial charge in [0.05, 0.1) is 19.2 Å². The molecule has 0 saturated heterocycles. The molecule has 0 N–H and O–H groups in total. The summed E-state index contributed by atoms with van der Waals surface area (Å²) in [7, 11) is 3.43. The highest BCUT2D eigenvalue weighted by Crippen LogP contribution is 2.33. The molecule has 1 aromatic carbocycles. The number of benzene rings is 1. The lowest BCUT2D eigenvalue weighted by molar-refractivity contribution is 0.188. The highest BCUT2D eigenvalue weighted by atomic mass is 35.5. The zero-order valence-electron chi connectivity index (χ0n) is 15.6. The van der Waals surface area contributed by atoms with Crippen LogP contribution >= 0.6 is 24.2 Å². The number of hydrogen-bond acceptors (Lipinski definition) is 4. The second kappa shape index (κ2) is 9.31. The summed E-state index contributed by atoms with van der Waals surface area (Å²) in [5.74, 6) is 1.76. The Balaban J connectivity index is 0.00000243. The zero-order chi connectivity index (χ0) is 17.8. The second-order valence-electron chi connectivity index (χ2n) is 6.00. The topological polar surface area (TPSA) is 36.3 Å². The van der Waals surface area contributed by atoms with Crippen molar-refractivity contribution in [3.8, 4) is 5.75 Å². The molecule has 3 rings (SSSR count). The molecular weight excluding hydrogens is 368 g/mol. The summed E-state index contributed by atoms with van der Waals surface area (Å²) >= 11 is 1.77. The first-order valence-electron chi connectivity index (χ1n) is 8.34. The van der Waals surface area contributed by atoms with Gasteiger partial charge in [0, 0.05) is 36.7 Å². The number of aromatic nitrogens is 2. The molecule has 3 aromatic rings. The van der Waals surface area contributed by atoms with Crippen LogP contribution in [0.5, 0.6) is 5.75 Å². The van der Waals surface area contributed by atoms with Crippen LogP contribution in [-0.4, -0.2) is 30.4 Å². The molecule has 0 aliphatic rings. The van der Waals surface area contributed by atoms with Crippen LogP contribution < -0.4 is 4.74 Å². The Bertz CT molecular complexity index is 862. The summed E-state index contributed by atoms with van der Waals surface area (Å²) in [4.78, 5) is 4.66. The number of aryl methyl sites for hydroxylation is 1. The molecule has 2 heterocycles. The van der Waals surface area contributed by atoms with Crippen molar-refractivity contribution in [1.82, 2.24) is 9.55 Å². The molecular formula is C20H25ClN2O2S. The maximum atomic E-state index is 5.29. The zero-order valence-corrected chi connectivity index (χ0v) is 17.2. The van der Waals surface area contributed by atoms with E-state index in [0.29, 0.717) is 6.61 Å². The van der Waals surface area contributed by atoms with Crippen LogP contribution in [0, 0.1) is 13.8 Å². The standard InChI is InChI=1S/C20H24N2O2S.ClH/c1-14-15(2)22(11-12-23-3)19-18(14)9-10-21-20(19)25-13-16-5-7-17(24-4)8-6-16;/h5-10H,11-13H2,1-4H3;1H. The lowest BCUT2D eigenvalue weighted by Gasteiger charge is -2.10. The molecule has 0 aliphatic carbocycles. The average Bonchev–Trinajstić information content (AvgIpc) is 2.90. The number of methoxy groups -OCH3 is 2. The van der Waals surface area contributed by atoms with Gasteiger partial charge in [-0.05, 0) is 43.2 Å². The average molecular weight is 393 g/mol. The monoisotopic (exact) mass is 392 g/mol. The first kappa shape index (κ1) is 20.6. The molecule has 0 aliphatic heterocycles. The quantitative estimate of drug-likeness (QED) is 0.529. The van der Waals surface area contributed by atoms with Gasteiger partial charge in [0.25, 0.3) is 0 Å². The number of ether oxygens (including phenoxy) is 2. The van der Waals surface area contributed by atoms with Gasteiger partial charge in [-0.15, -0.1) is 12.4 Å². The molecule has 0 spiro atoms. The van der Waals surface area contributed by atoms with Gasteiger partial charge in [-0.2, -0.15) is 0 Å². The Kier molecular flexibility index (Phi) is 7.38. The van der Waals surface area contributed by atoms with Crippen LogP contribution in [0.1, 0.15) is 16.8 Å². The minimum atomic E-state index is 0. The smallest absolute Gasteiger partial charge is 0.121 e. The fourth-order valence-electron chi connectivity index (χ4n) is 3.00. The van der Waals surface area contributed by atoms with E-state index in [1.807, 2.05) is 18.3 Å². The van der Waals surface area contributed by atoms with Crippen molar-refractivity contribution in [3.05, 3.63) is 53.3 Å². The predicted octanol–water partition coefficient (Wildman–Crippen LogP) is 5.02. The Morgan fingerprint density at radius 3 is 2.46 bits per heavy atom. The number of hydrogen-bond donors (Lipinski definition) is 0. The van der Waals surface area contributed by atoms with Crippen LogP contribution in [0.4, 0.5) is 0 Å². The first-order valence-corrected chi connectivity index (χ1v) is 9.33. The summed E-state index contributed by atoms with van der Waals surface area (Å²) in [6, 6.07) is 10.3. The van der Waals surface area contributed by atoms with E-state index >= 15 is 0 Å². The number of rotatable bonds is 7. The lowest BCUT2D eigenvalue weighted by atomic mass is 10.2. The summed E-state index contributed by atoms with van der Waals surface area (Å²) in [6.45, 7) is 5.89. The van der Waals surface area contributed by atoms with Crippen molar-refractivity contribution in [3.63, 3.8) is 0 Å². The number of fused-ring (bicyclic) bond motifs is 1. The van der Waals surface area contributed by atoms with Crippen LogP contribution in [0.25, 0.3) is 10.9 Å². The molecule has 0 atom stereocenters. The minimum Gasteiger partial charge on any atom is -0.497 e. The molecule has 0 radical (unpaired) electrons. The van der Waals surface area contributed by atoms with Crippen LogP contribution in [0.15, 0.2) is 41.6 Å². The minimum absolute atomic E-state index is 0. The maximum Gasteiger partial charge on any atom is 0.121 e. The molecule has 0 amide bonds. The third-order valence-corrected chi connectivity index (χ3v) is 5.62. The van der Waals surface area contributed by atoms with E-state index in [1.54, 1.807) is 26.0 Å². The first-order chi connectivity index (χ1) is 12.2. The van der Waals surface area contributed by atoms with Gasteiger partial charge in [-0.25, -0.2) is 4.98 Å². The van der Waals surface area contributed by atoms with Gasteiger partial charge in [0.2, 0.25) is 0 Å². The fourth-order valence-corrected chi connectivity index (χ4v) is 3.99. The van der Waals surface area contributed by atoms with E-state index in [1.165, 1.54) is 27.7 Å². The Morgan fingerprint density at radius 1 is 1.08 bits per heavy atom. The molecule has 140 valence electrons. The molecule has 26 heavy (non-hydrogen) atoms. The Labute approximate surface area is 165 Å². The van der Waals surface area contributed by atoms with E-state index in [9.17, 15) is 0 Å². The highest BCUT2D eigenvalue weighted by molar-refractivity contribution is 7.98. The molecule has 6 heteroatoms. The van der Waals surface area contributed by atoms with Crippen molar-refractivity contribution in [2.45, 2.75) is 31.2 Å². The molecule has 0 bridgehead atoms. The molecule has 2 aromatic heterocycles. The van der Waals surface area contributed by atoms with Crippen molar-refractivity contribution in [1.29, 1.82) is 0 Å². The normalized spacial score (nSPS) is 10.8. The van der Waals surface area contributed by atoms with Crippen molar-refractivity contribution < 1.29 is 9.47 Å². The second-order valence-corrected chi connectivity index (χ2v) is 6.97. The van der Waals surface area contributed by atoms with Crippen molar-refractivity contribution >= 4 is 35.1 Å². The summed E-state index contributed by atoms with van der Waals surface area (Å²) < 4.78 is 12.8. The number of thioether (sulfide) groups is 1. The van der Waals surface area contributed by atoms with E-state index in [-0.39, 0.29) is 12.4 Å². The van der Waals surface area contributed by atoms with Gasteiger partial charge in [0.15, 0.2) is 0 Å². The van der Waals surface area contributed by atoms with E-state index in [4.69, 9.17) is 9.47 Å². The fraction of sp³-hybridized carbons (Fsp3) is 0.350. The highest BCUT2D eigenvalue weighted by Gasteiger charge is 2.15. The molecule has 0 unspecified atom stereocenters. The van der Waals surface area contributed by atoms with Gasteiger partial charge in [0.1, 0.15) is 10.8 Å². The third-order valence-electron chi connectivity index (χ3n) is 4.57. The molecule has 0 saturated carbocycles. The van der Waals surface area contributed by atoms with E-state index in [0.717, 1.165) is 23.1 Å². The summed E-state index contributed by atoms with van der Waals surface area (Å²) in [6.07, 6.45) is 1.91. The van der Waals surface area contributed by atoms with Gasteiger partial charge in [-0.3, -0.25) is 0 Å².